The lowest BCUT2D eigenvalue weighted by molar-refractivity contribution is 0.131. The summed E-state index contributed by atoms with van der Waals surface area (Å²) in [5.74, 6) is 0. The third kappa shape index (κ3) is 4.57. The molecule has 1 aromatic heterocycles. The van der Waals surface area contributed by atoms with Crippen LogP contribution in [0.25, 0.3) is 11.1 Å². The average Bonchev–Trinajstić information content (AvgIpc) is 2.68. The van der Waals surface area contributed by atoms with Gasteiger partial charge >= 0.3 is 6.03 Å². The molecule has 0 spiro atoms. The normalized spacial score (nSPS) is 17.3. The van der Waals surface area contributed by atoms with E-state index < -0.39 is 0 Å². The van der Waals surface area contributed by atoms with Crippen molar-refractivity contribution in [3.63, 3.8) is 0 Å². The molecule has 2 N–H and O–H groups in total. The van der Waals surface area contributed by atoms with Crippen LogP contribution in [0.15, 0.2) is 48.8 Å². The van der Waals surface area contributed by atoms with E-state index in [1.807, 2.05) is 47.5 Å². The minimum Gasteiger partial charge on any atom is -0.396 e. The Morgan fingerprint density at radius 2 is 2.04 bits per heavy atom. The second-order valence-electron chi connectivity index (χ2n) is 6.45. The van der Waals surface area contributed by atoms with E-state index in [1.165, 1.54) is 0 Å². The standard InChI is InChI=1S/C20H25N3O2/c24-13-10-19-5-1-2-12-23(19)20(25)22-14-16-6-8-17(9-7-16)18-4-3-11-21-15-18/h3-4,6-9,11,15,19,24H,1-2,5,10,12-14H2,(H,22,25)/t19-/m1/s1. The maximum Gasteiger partial charge on any atom is 0.317 e. The highest BCUT2D eigenvalue weighted by Crippen LogP contribution is 2.20. The fraction of sp³-hybridized carbons (Fsp3) is 0.400. The molecule has 0 unspecified atom stereocenters. The van der Waals surface area contributed by atoms with Crippen LogP contribution in [0.4, 0.5) is 4.79 Å². The van der Waals surface area contributed by atoms with Gasteiger partial charge in [-0.25, -0.2) is 4.79 Å². The molecule has 1 aliphatic heterocycles. The summed E-state index contributed by atoms with van der Waals surface area (Å²) in [6.45, 7) is 1.41. The van der Waals surface area contributed by atoms with Crippen molar-refractivity contribution in [1.82, 2.24) is 15.2 Å². The van der Waals surface area contributed by atoms with Crippen molar-refractivity contribution in [2.75, 3.05) is 13.2 Å². The summed E-state index contributed by atoms with van der Waals surface area (Å²) in [7, 11) is 0. The zero-order valence-electron chi connectivity index (χ0n) is 14.4. The van der Waals surface area contributed by atoms with E-state index in [1.54, 1.807) is 6.20 Å². The Balaban J connectivity index is 1.56. The second kappa shape index (κ2) is 8.62. The number of aromatic nitrogens is 1. The summed E-state index contributed by atoms with van der Waals surface area (Å²) in [5, 5.41) is 12.2. The number of likely N-dealkylation sites (tertiary alicyclic amines) is 1. The van der Waals surface area contributed by atoms with E-state index in [2.05, 4.69) is 10.3 Å². The zero-order chi connectivity index (χ0) is 17.5. The number of aliphatic hydroxyl groups is 1. The van der Waals surface area contributed by atoms with Crippen molar-refractivity contribution < 1.29 is 9.90 Å². The first kappa shape index (κ1) is 17.4. The molecule has 0 radical (unpaired) electrons. The third-order valence-electron chi connectivity index (χ3n) is 4.74. The lowest BCUT2D eigenvalue weighted by Gasteiger charge is -2.35. The van der Waals surface area contributed by atoms with Crippen molar-refractivity contribution >= 4 is 6.03 Å². The van der Waals surface area contributed by atoms with Gasteiger partial charge in [0.05, 0.1) is 0 Å². The lowest BCUT2D eigenvalue weighted by atomic mass is 10.00. The number of piperidine rings is 1. The quantitative estimate of drug-likeness (QED) is 0.879. The number of pyridine rings is 1. The van der Waals surface area contributed by atoms with E-state index in [0.717, 1.165) is 42.5 Å². The van der Waals surface area contributed by atoms with E-state index in [-0.39, 0.29) is 18.7 Å². The molecule has 25 heavy (non-hydrogen) atoms. The van der Waals surface area contributed by atoms with Crippen LogP contribution in [0.1, 0.15) is 31.2 Å². The molecule has 1 atom stereocenters. The predicted molar refractivity (Wildman–Crippen MR) is 98.0 cm³/mol. The molecule has 1 saturated heterocycles. The number of urea groups is 1. The van der Waals surface area contributed by atoms with Crippen molar-refractivity contribution in [2.45, 2.75) is 38.3 Å². The molecule has 132 valence electrons. The van der Waals surface area contributed by atoms with Gasteiger partial charge in [-0.05, 0) is 48.4 Å². The van der Waals surface area contributed by atoms with Gasteiger partial charge in [-0.15, -0.1) is 0 Å². The number of nitrogens with one attached hydrogen (secondary N) is 1. The van der Waals surface area contributed by atoms with Crippen LogP contribution in [-0.2, 0) is 6.54 Å². The number of rotatable bonds is 5. The first-order chi connectivity index (χ1) is 12.3. The van der Waals surface area contributed by atoms with Crippen molar-refractivity contribution in [3.05, 3.63) is 54.4 Å². The van der Waals surface area contributed by atoms with Crippen molar-refractivity contribution in [1.29, 1.82) is 0 Å². The van der Waals surface area contributed by atoms with Gasteiger partial charge in [0, 0.05) is 38.1 Å². The maximum absolute atomic E-state index is 12.5. The summed E-state index contributed by atoms with van der Waals surface area (Å²) < 4.78 is 0. The van der Waals surface area contributed by atoms with Crippen molar-refractivity contribution in [2.24, 2.45) is 0 Å². The highest BCUT2D eigenvalue weighted by Gasteiger charge is 2.25. The molecule has 2 amide bonds. The first-order valence-electron chi connectivity index (χ1n) is 8.92. The molecule has 5 heteroatoms. The van der Waals surface area contributed by atoms with Crippen LogP contribution in [0.3, 0.4) is 0 Å². The molecule has 0 saturated carbocycles. The number of hydrogen-bond acceptors (Lipinski definition) is 3. The van der Waals surface area contributed by atoms with Crippen molar-refractivity contribution in [3.8, 4) is 11.1 Å². The Bertz CT molecular complexity index is 671. The highest BCUT2D eigenvalue weighted by atomic mass is 16.3. The maximum atomic E-state index is 12.5. The molecule has 5 nitrogen and oxygen atoms in total. The molecule has 0 aliphatic carbocycles. The fourth-order valence-electron chi connectivity index (χ4n) is 3.34. The topological polar surface area (TPSA) is 65.5 Å². The Morgan fingerprint density at radius 3 is 2.76 bits per heavy atom. The lowest BCUT2D eigenvalue weighted by Crippen LogP contribution is -2.48. The van der Waals surface area contributed by atoms with Crippen LogP contribution in [0.5, 0.6) is 0 Å². The van der Waals surface area contributed by atoms with Gasteiger partial charge in [0.25, 0.3) is 0 Å². The van der Waals surface area contributed by atoms with Crippen LogP contribution in [-0.4, -0.2) is 40.2 Å². The van der Waals surface area contributed by atoms with E-state index in [4.69, 9.17) is 0 Å². The average molecular weight is 339 g/mol. The van der Waals surface area contributed by atoms with Crippen LogP contribution >= 0.6 is 0 Å². The Hall–Kier alpha value is -2.40. The summed E-state index contributed by atoms with van der Waals surface area (Å²) in [6.07, 6.45) is 7.41. The van der Waals surface area contributed by atoms with E-state index in [0.29, 0.717) is 13.0 Å². The molecule has 1 fully saturated rings. The monoisotopic (exact) mass is 339 g/mol. The number of carbonyl (C=O) groups is 1. The first-order valence-corrected chi connectivity index (χ1v) is 8.92. The molecule has 0 bridgehead atoms. The molecule has 1 aromatic carbocycles. The summed E-state index contributed by atoms with van der Waals surface area (Å²) in [6, 6.07) is 12.2. The van der Waals surface area contributed by atoms with Crippen LogP contribution in [0, 0.1) is 0 Å². The smallest absolute Gasteiger partial charge is 0.317 e. The Labute approximate surface area is 148 Å². The van der Waals surface area contributed by atoms with Gasteiger partial charge in [-0.2, -0.15) is 0 Å². The van der Waals surface area contributed by atoms with Gasteiger partial charge in [-0.1, -0.05) is 30.3 Å². The number of nitrogens with zero attached hydrogens (tertiary/aromatic N) is 2. The number of aliphatic hydroxyl groups excluding tert-OH is 1. The number of amides is 2. The van der Waals surface area contributed by atoms with Gasteiger partial charge in [0.1, 0.15) is 0 Å². The largest absolute Gasteiger partial charge is 0.396 e. The van der Waals surface area contributed by atoms with E-state index in [9.17, 15) is 9.90 Å². The van der Waals surface area contributed by atoms with Crippen LogP contribution in [0.2, 0.25) is 0 Å². The Morgan fingerprint density at radius 1 is 1.20 bits per heavy atom. The predicted octanol–water partition coefficient (Wildman–Crippen LogP) is 3.20. The summed E-state index contributed by atoms with van der Waals surface area (Å²) in [4.78, 5) is 18.5. The zero-order valence-corrected chi connectivity index (χ0v) is 14.4. The molecule has 1 aliphatic rings. The summed E-state index contributed by atoms with van der Waals surface area (Å²) >= 11 is 0. The molecule has 2 aromatic rings. The SMILES string of the molecule is O=C(NCc1ccc(-c2cccnc2)cc1)N1CCCC[C@@H]1CCO. The molecular weight excluding hydrogens is 314 g/mol. The molecule has 2 heterocycles. The summed E-state index contributed by atoms with van der Waals surface area (Å²) in [5.41, 5.74) is 3.26. The number of benzene rings is 1. The minimum atomic E-state index is -0.0329. The molecule has 3 rings (SSSR count). The van der Waals surface area contributed by atoms with E-state index >= 15 is 0 Å². The number of hydrogen-bond donors (Lipinski definition) is 2. The molecular formula is C20H25N3O2. The highest BCUT2D eigenvalue weighted by molar-refractivity contribution is 5.74. The Kier molecular flexibility index (Phi) is 6.01. The van der Waals surface area contributed by atoms with Gasteiger partial charge in [0.15, 0.2) is 0 Å². The fourth-order valence-corrected chi connectivity index (χ4v) is 3.34. The van der Waals surface area contributed by atoms with Crippen LogP contribution < -0.4 is 5.32 Å². The third-order valence-corrected chi connectivity index (χ3v) is 4.74. The van der Waals surface area contributed by atoms with Gasteiger partial charge in [-0.3, -0.25) is 4.98 Å². The number of carbonyl (C=O) groups excluding carboxylic acids is 1. The minimum absolute atomic E-state index is 0.0329. The van der Waals surface area contributed by atoms with Gasteiger partial charge < -0.3 is 15.3 Å². The second-order valence-corrected chi connectivity index (χ2v) is 6.45. The van der Waals surface area contributed by atoms with Gasteiger partial charge in [0.2, 0.25) is 0 Å².